The summed E-state index contributed by atoms with van der Waals surface area (Å²) in [5, 5.41) is 5.42. The first kappa shape index (κ1) is 12.1. The molecule has 2 amide bonds. The molecule has 2 aliphatic heterocycles. The van der Waals surface area contributed by atoms with Gasteiger partial charge < -0.3 is 15.4 Å². The molecule has 94 valence electrons. The van der Waals surface area contributed by atoms with E-state index in [2.05, 4.69) is 17.2 Å². The maximum atomic E-state index is 13.4. The third-order valence-corrected chi connectivity index (χ3v) is 2.98. The zero-order valence-electron chi connectivity index (χ0n) is 9.87. The van der Waals surface area contributed by atoms with Gasteiger partial charge in [0.25, 0.3) is 0 Å². The van der Waals surface area contributed by atoms with Gasteiger partial charge in [0, 0.05) is 6.20 Å². The van der Waals surface area contributed by atoms with Gasteiger partial charge >= 0.3 is 6.03 Å². The van der Waals surface area contributed by atoms with Gasteiger partial charge in [0.2, 0.25) is 0 Å². The largest absolute Gasteiger partial charge is 0.353 e. The van der Waals surface area contributed by atoms with E-state index >= 15 is 0 Å². The summed E-state index contributed by atoms with van der Waals surface area (Å²) < 4.78 is 19.0. The number of likely N-dealkylation sites (N-methyl/N-ethyl adjacent to an activating group) is 1. The van der Waals surface area contributed by atoms with Crippen LogP contribution in [0.5, 0.6) is 0 Å². The molecule has 3 unspecified atom stereocenters. The van der Waals surface area contributed by atoms with Crippen LogP contribution < -0.4 is 10.6 Å². The van der Waals surface area contributed by atoms with Crippen LogP contribution in [0.2, 0.25) is 0 Å². The number of allylic oxidation sites excluding steroid dienone is 1. The fourth-order valence-corrected chi connectivity index (χ4v) is 2.08. The van der Waals surface area contributed by atoms with Crippen LogP contribution in [0.3, 0.4) is 0 Å². The highest BCUT2D eigenvalue weighted by Crippen LogP contribution is 2.26. The summed E-state index contributed by atoms with van der Waals surface area (Å²) in [6.07, 6.45) is 1.45. The molecular weight excluding hydrogens is 225 g/mol. The van der Waals surface area contributed by atoms with Crippen molar-refractivity contribution in [3.8, 4) is 0 Å². The summed E-state index contributed by atoms with van der Waals surface area (Å²) in [7, 11) is 1.79. The predicted octanol–water partition coefficient (Wildman–Crippen LogP) is 1.06. The number of rotatable bonds is 2. The lowest BCUT2D eigenvalue weighted by molar-refractivity contribution is -0.0185. The molecule has 0 aromatic carbocycles. The molecule has 2 N–H and O–H groups in total. The second-order valence-corrected chi connectivity index (χ2v) is 4.26. The van der Waals surface area contributed by atoms with E-state index in [0.29, 0.717) is 0 Å². The molecule has 0 aliphatic carbocycles. The number of nitrogens with zero attached hydrogens (tertiary/aromatic N) is 1. The first-order valence-electron chi connectivity index (χ1n) is 5.51. The first-order chi connectivity index (χ1) is 8.02. The summed E-state index contributed by atoms with van der Waals surface area (Å²) in [5.74, 6) is -0.553. The second-order valence-electron chi connectivity index (χ2n) is 4.26. The van der Waals surface area contributed by atoms with E-state index in [1.165, 1.54) is 4.90 Å². The zero-order chi connectivity index (χ0) is 12.6. The Bertz CT molecular complexity index is 383. The standard InChI is InChI=1S/C11H16FN3O2/c1-6-4-9(13-3)10(17-6)15-5-8(12)7(2)14-11(15)16/h5-6,9-10,13H,2,4H2,1,3H3,(H,14,16). The number of hydrogen-bond acceptors (Lipinski definition) is 3. The van der Waals surface area contributed by atoms with Gasteiger partial charge in [-0.15, -0.1) is 0 Å². The Labute approximate surface area is 99.3 Å². The number of halogens is 1. The van der Waals surface area contributed by atoms with Crippen LogP contribution in [0.25, 0.3) is 0 Å². The van der Waals surface area contributed by atoms with Crippen LogP contribution in [0.15, 0.2) is 24.3 Å². The van der Waals surface area contributed by atoms with Gasteiger partial charge in [-0.05, 0) is 20.4 Å². The molecule has 1 fully saturated rings. The number of hydrogen-bond donors (Lipinski definition) is 2. The molecule has 0 aromatic rings. The molecule has 0 spiro atoms. The molecule has 2 heterocycles. The maximum Gasteiger partial charge on any atom is 0.328 e. The van der Waals surface area contributed by atoms with Crippen LogP contribution in [-0.4, -0.2) is 36.4 Å². The van der Waals surface area contributed by atoms with Gasteiger partial charge in [0.1, 0.15) is 0 Å². The molecule has 6 heteroatoms. The van der Waals surface area contributed by atoms with Crippen molar-refractivity contribution in [2.24, 2.45) is 0 Å². The molecule has 5 nitrogen and oxygen atoms in total. The van der Waals surface area contributed by atoms with Crippen LogP contribution >= 0.6 is 0 Å². The summed E-state index contributed by atoms with van der Waals surface area (Å²) in [5.41, 5.74) is -0.0155. The lowest BCUT2D eigenvalue weighted by Gasteiger charge is -2.32. The van der Waals surface area contributed by atoms with Crippen LogP contribution in [0, 0.1) is 0 Å². The predicted molar refractivity (Wildman–Crippen MR) is 60.5 cm³/mol. The van der Waals surface area contributed by atoms with Gasteiger partial charge in [-0.2, -0.15) is 0 Å². The smallest absolute Gasteiger partial charge is 0.328 e. The minimum absolute atomic E-state index is 0.00818. The molecule has 17 heavy (non-hydrogen) atoms. The zero-order valence-corrected chi connectivity index (χ0v) is 9.87. The van der Waals surface area contributed by atoms with E-state index in [1.54, 1.807) is 7.05 Å². The highest BCUT2D eigenvalue weighted by molar-refractivity contribution is 5.80. The van der Waals surface area contributed by atoms with E-state index in [9.17, 15) is 9.18 Å². The maximum absolute atomic E-state index is 13.4. The summed E-state index contributed by atoms with van der Waals surface area (Å²) in [6, 6.07) is -0.429. The van der Waals surface area contributed by atoms with Crippen molar-refractivity contribution in [3.63, 3.8) is 0 Å². The van der Waals surface area contributed by atoms with Crippen molar-refractivity contribution in [1.82, 2.24) is 15.5 Å². The fourth-order valence-electron chi connectivity index (χ4n) is 2.08. The van der Waals surface area contributed by atoms with Gasteiger partial charge in [-0.3, -0.25) is 4.90 Å². The van der Waals surface area contributed by atoms with E-state index in [0.717, 1.165) is 12.6 Å². The minimum Gasteiger partial charge on any atom is -0.353 e. The lowest BCUT2D eigenvalue weighted by atomic mass is 10.1. The van der Waals surface area contributed by atoms with E-state index in [4.69, 9.17) is 4.74 Å². The number of amides is 2. The molecule has 3 atom stereocenters. The van der Waals surface area contributed by atoms with Crippen LogP contribution in [-0.2, 0) is 4.74 Å². The Hall–Kier alpha value is -1.40. The van der Waals surface area contributed by atoms with Gasteiger partial charge in [-0.25, -0.2) is 9.18 Å². The number of carbonyl (C=O) groups is 1. The monoisotopic (exact) mass is 241 g/mol. The van der Waals surface area contributed by atoms with E-state index in [1.807, 2.05) is 6.92 Å². The lowest BCUT2D eigenvalue weighted by Crippen LogP contribution is -2.51. The molecule has 2 rings (SSSR count). The fraction of sp³-hybridized carbons (Fsp3) is 0.545. The highest BCUT2D eigenvalue weighted by atomic mass is 19.1. The summed E-state index contributed by atoms with van der Waals surface area (Å²) in [6.45, 7) is 5.32. The quantitative estimate of drug-likeness (QED) is 0.760. The molecular formula is C11H16FN3O2. The average Bonchev–Trinajstić information content (AvgIpc) is 2.64. The topological polar surface area (TPSA) is 53.6 Å². The van der Waals surface area contributed by atoms with Crippen molar-refractivity contribution < 1.29 is 13.9 Å². The first-order valence-corrected chi connectivity index (χ1v) is 5.51. The van der Waals surface area contributed by atoms with Gasteiger partial charge in [-0.1, -0.05) is 6.58 Å². The van der Waals surface area contributed by atoms with Crippen molar-refractivity contribution in [2.75, 3.05) is 7.05 Å². The highest BCUT2D eigenvalue weighted by Gasteiger charge is 2.39. The van der Waals surface area contributed by atoms with E-state index < -0.39 is 18.1 Å². The number of ether oxygens (including phenoxy) is 1. The minimum atomic E-state index is -0.553. The van der Waals surface area contributed by atoms with E-state index in [-0.39, 0.29) is 17.8 Å². The molecule has 0 saturated carbocycles. The molecule has 1 saturated heterocycles. The number of urea groups is 1. The molecule has 0 radical (unpaired) electrons. The SMILES string of the molecule is C=C1NC(=O)N(C2OC(C)CC2NC)C=C1F. The third-order valence-electron chi connectivity index (χ3n) is 2.98. The second kappa shape index (κ2) is 4.46. The Morgan fingerprint density at radius 1 is 1.71 bits per heavy atom. The van der Waals surface area contributed by atoms with Crippen LogP contribution in [0.4, 0.5) is 9.18 Å². The van der Waals surface area contributed by atoms with Crippen molar-refractivity contribution in [2.45, 2.75) is 31.7 Å². The Morgan fingerprint density at radius 2 is 2.41 bits per heavy atom. The average molecular weight is 241 g/mol. The van der Waals surface area contributed by atoms with Gasteiger partial charge in [0.05, 0.1) is 17.8 Å². The summed E-state index contributed by atoms with van der Waals surface area (Å²) in [4.78, 5) is 13.0. The van der Waals surface area contributed by atoms with Crippen molar-refractivity contribution in [3.05, 3.63) is 24.3 Å². The Balaban J connectivity index is 2.21. The van der Waals surface area contributed by atoms with Crippen molar-refractivity contribution >= 4 is 6.03 Å². The molecule has 2 aliphatic rings. The third kappa shape index (κ3) is 2.18. The Morgan fingerprint density at radius 3 is 3.06 bits per heavy atom. The molecule has 0 bridgehead atoms. The molecule has 0 aromatic heterocycles. The van der Waals surface area contributed by atoms with Crippen molar-refractivity contribution in [1.29, 1.82) is 0 Å². The summed E-state index contributed by atoms with van der Waals surface area (Å²) >= 11 is 0. The Kier molecular flexibility index (Phi) is 3.17. The van der Waals surface area contributed by atoms with Gasteiger partial charge in [0.15, 0.2) is 12.1 Å². The van der Waals surface area contributed by atoms with Crippen LogP contribution in [0.1, 0.15) is 13.3 Å². The number of nitrogens with one attached hydrogen (secondary N) is 2. The normalized spacial score (nSPS) is 33.7. The number of carbonyl (C=O) groups excluding carboxylic acids is 1.